The molecule has 4 heterocycles. The van der Waals surface area contributed by atoms with Crippen LogP contribution in [0.4, 0.5) is 5.69 Å². The van der Waals surface area contributed by atoms with Crippen LogP contribution >= 0.6 is 0 Å². The van der Waals surface area contributed by atoms with E-state index in [2.05, 4.69) is 24.0 Å². The van der Waals surface area contributed by atoms with Gasteiger partial charge >= 0.3 is 5.56 Å². The number of H-pyrrole nitrogens is 1. The molecule has 0 spiro atoms. The Balaban J connectivity index is 1.56. The lowest BCUT2D eigenvalue weighted by molar-refractivity contribution is -0.992. The topological polar surface area (TPSA) is 119 Å². The van der Waals surface area contributed by atoms with Gasteiger partial charge in [-0.1, -0.05) is 13.8 Å². The summed E-state index contributed by atoms with van der Waals surface area (Å²) in [7, 11) is 0. The molecule has 3 atom stereocenters. The minimum atomic E-state index is -1.21. The van der Waals surface area contributed by atoms with Gasteiger partial charge in [-0.25, -0.2) is 5.21 Å². The Morgan fingerprint density at radius 2 is 2.18 bits per heavy atom. The van der Waals surface area contributed by atoms with Gasteiger partial charge < -0.3 is 14.7 Å². The van der Waals surface area contributed by atoms with Gasteiger partial charge in [0.1, 0.15) is 5.69 Å². The molecular weight excluding hydrogens is 362 g/mol. The molecule has 2 aromatic heterocycles. The van der Waals surface area contributed by atoms with E-state index in [9.17, 15) is 20.0 Å². The van der Waals surface area contributed by atoms with Crippen LogP contribution in [-0.4, -0.2) is 43.9 Å². The summed E-state index contributed by atoms with van der Waals surface area (Å²) in [4.78, 5) is 27.3. The summed E-state index contributed by atoms with van der Waals surface area (Å²) in [5, 5.41) is 26.4. The first-order chi connectivity index (χ1) is 13.3. The maximum atomic E-state index is 12.9. The largest absolute Gasteiger partial charge is 0.595 e. The van der Waals surface area contributed by atoms with E-state index in [0.717, 1.165) is 24.2 Å². The molecule has 28 heavy (non-hydrogen) atoms. The van der Waals surface area contributed by atoms with Crippen molar-refractivity contribution in [2.45, 2.75) is 39.2 Å². The molecule has 1 saturated heterocycles. The maximum absolute atomic E-state index is 12.9. The van der Waals surface area contributed by atoms with E-state index in [1.165, 1.54) is 6.07 Å². The van der Waals surface area contributed by atoms with Crippen LogP contribution in [0.15, 0.2) is 23.0 Å². The fourth-order valence-corrected chi connectivity index (χ4v) is 4.45. The standard InChI is InChI=1S/C19H25N5O4/c1-11(2)5-14-7-15(21-20-14)18(25)22-8-12-6-13(10-22)16-3-4-17(24(27)28)19(26)23(16)9-12/h3-4,7,11-13,24,27H,5-6,8-10H2,1-2H3,(H,20,21). The number of aromatic amines is 1. The predicted molar refractivity (Wildman–Crippen MR) is 100 cm³/mol. The van der Waals surface area contributed by atoms with Crippen molar-refractivity contribution in [2.24, 2.45) is 11.8 Å². The summed E-state index contributed by atoms with van der Waals surface area (Å²) in [5.41, 5.74) is 1.53. The number of piperidine rings is 1. The number of carbonyl (C=O) groups is 1. The van der Waals surface area contributed by atoms with Gasteiger partial charge in [0.25, 0.3) is 5.91 Å². The third-order valence-electron chi connectivity index (χ3n) is 5.60. The van der Waals surface area contributed by atoms with E-state index >= 15 is 0 Å². The summed E-state index contributed by atoms with van der Waals surface area (Å²) in [6, 6.07) is 4.92. The van der Waals surface area contributed by atoms with Crippen LogP contribution < -0.4 is 10.8 Å². The van der Waals surface area contributed by atoms with E-state index in [0.29, 0.717) is 31.2 Å². The quantitative estimate of drug-likeness (QED) is 0.658. The van der Waals surface area contributed by atoms with Crippen molar-refractivity contribution < 1.29 is 15.2 Å². The van der Waals surface area contributed by atoms with Gasteiger partial charge in [-0.2, -0.15) is 10.3 Å². The van der Waals surface area contributed by atoms with Crippen LogP contribution in [0.3, 0.4) is 0 Å². The number of rotatable bonds is 4. The molecule has 3 unspecified atom stereocenters. The monoisotopic (exact) mass is 387 g/mol. The fraction of sp³-hybridized carbons (Fsp3) is 0.526. The van der Waals surface area contributed by atoms with Crippen LogP contribution in [0.2, 0.25) is 0 Å². The average Bonchev–Trinajstić information content (AvgIpc) is 3.09. The van der Waals surface area contributed by atoms with Crippen molar-refractivity contribution in [3.05, 3.63) is 50.8 Å². The van der Waals surface area contributed by atoms with Crippen molar-refractivity contribution in [1.29, 1.82) is 0 Å². The molecule has 4 rings (SSSR count). The van der Waals surface area contributed by atoms with Gasteiger partial charge in [-0.15, -0.1) is 0 Å². The molecule has 2 bridgehead atoms. The van der Waals surface area contributed by atoms with Crippen molar-refractivity contribution >= 4 is 11.6 Å². The number of nitrogens with one attached hydrogen (secondary N) is 2. The van der Waals surface area contributed by atoms with E-state index in [-0.39, 0.29) is 23.4 Å². The number of aromatic nitrogens is 3. The van der Waals surface area contributed by atoms with Gasteiger partial charge in [0.15, 0.2) is 0 Å². The zero-order valence-electron chi connectivity index (χ0n) is 16.0. The molecule has 150 valence electrons. The number of amides is 1. The molecule has 9 heteroatoms. The van der Waals surface area contributed by atoms with E-state index < -0.39 is 10.8 Å². The summed E-state index contributed by atoms with van der Waals surface area (Å²) >= 11 is 0. The lowest BCUT2D eigenvalue weighted by atomic mass is 9.83. The van der Waals surface area contributed by atoms with Crippen LogP contribution in [0.5, 0.6) is 0 Å². The second kappa shape index (κ2) is 7.16. The third kappa shape index (κ3) is 3.36. The summed E-state index contributed by atoms with van der Waals surface area (Å²) in [5.74, 6) is 0.536. The molecule has 2 aliphatic heterocycles. The first kappa shape index (κ1) is 18.9. The number of carbonyl (C=O) groups excluding carboxylic acids is 1. The van der Waals surface area contributed by atoms with Crippen molar-refractivity contribution in [3.8, 4) is 0 Å². The second-order valence-corrected chi connectivity index (χ2v) is 8.28. The maximum Gasteiger partial charge on any atom is 0.315 e. The van der Waals surface area contributed by atoms with Crippen LogP contribution in [0, 0.1) is 17.0 Å². The number of nitrogens with zero attached hydrogens (tertiary/aromatic N) is 3. The minimum Gasteiger partial charge on any atom is -0.595 e. The summed E-state index contributed by atoms with van der Waals surface area (Å²) in [6.45, 7) is 5.72. The van der Waals surface area contributed by atoms with Crippen LogP contribution in [0.25, 0.3) is 0 Å². The zero-order valence-corrected chi connectivity index (χ0v) is 16.0. The van der Waals surface area contributed by atoms with Gasteiger partial charge in [0, 0.05) is 43.0 Å². The Kier molecular flexibility index (Phi) is 4.82. The number of hydrogen-bond acceptors (Lipinski definition) is 5. The van der Waals surface area contributed by atoms with Crippen molar-refractivity contribution in [2.75, 3.05) is 13.1 Å². The van der Waals surface area contributed by atoms with Crippen molar-refractivity contribution in [3.63, 3.8) is 0 Å². The highest BCUT2D eigenvalue weighted by Crippen LogP contribution is 2.35. The number of likely N-dealkylation sites (tertiary alicyclic amines) is 1. The van der Waals surface area contributed by atoms with E-state index in [1.807, 2.05) is 11.0 Å². The molecule has 0 saturated carbocycles. The lowest BCUT2D eigenvalue weighted by Crippen LogP contribution is -3.00. The SMILES string of the molecule is CC(C)Cc1cc(C(=O)N2CC3CC(C2)c2ccc([NH+]([O-])O)c(=O)n2C3)n[nH]1. The highest BCUT2D eigenvalue weighted by molar-refractivity contribution is 5.92. The third-order valence-corrected chi connectivity index (χ3v) is 5.60. The predicted octanol–water partition coefficient (Wildman–Crippen LogP) is 0.433. The minimum absolute atomic E-state index is 0.0288. The van der Waals surface area contributed by atoms with Gasteiger partial charge in [-0.3, -0.25) is 14.7 Å². The molecule has 0 aromatic carbocycles. The highest BCUT2D eigenvalue weighted by atomic mass is 16.8. The fourth-order valence-electron chi connectivity index (χ4n) is 4.45. The number of fused-ring (bicyclic) bond motifs is 4. The summed E-state index contributed by atoms with van der Waals surface area (Å²) < 4.78 is 1.58. The number of hydrogen-bond donors (Lipinski definition) is 3. The first-order valence-corrected chi connectivity index (χ1v) is 9.64. The highest BCUT2D eigenvalue weighted by Gasteiger charge is 2.37. The Morgan fingerprint density at radius 1 is 1.39 bits per heavy atom. The normalized spacial score (nSPS) is 22.2. The molecular formula is C19H25N5O4. The van der Waals surface area contributed by atoms with E-state index in [1.54, 1.807) is 10.6 Å². The lowest BCUT2D eigenvalue weighted by Gasteiger charge is -2.42. The number of pyridine rings is 1. The Hall–Kier alpha value is -2.49. The average molecular weight is 387 g/mol. The van der Waals surface area contributed by atoms with E-state index in [4.69, 9.17) is 0 Å². The molecule has 0 radical (unpaired) electrons. The summed E-state index contributed by atoms with van der Waals surface area (Å²) in [6.07, 6.45) is 1.74. The molecule has 2 aromatic rings. The van der Waals surface area contributed by atoms with Gasteiger partial charge in [0.2, 0.25) is 5.69 Å². The smallest absolute Gasteiger partial charge is 0.315 e. The zero-order chi connectivity index (χ0) is 20.0. The molecule has 2 aliphatic rings. The van der Waals surface area contributed by atoms with Gasteiger partial charge in [-0.05, 0) is 36.8 Å². The van der Waals surface area contributed by atoms with Crippen LogP contribution in [0.1, 0.15) is 48.1 Å². The first-order valence-electron chi connectivity index (χ1n) is 9.64. The molecule has 1 amide bonds. The molecule has 9 nitrogen and oxygen atoms in total. The second-order valence-electron chi connectivity index (χ2n) is 8.28. The Bertz CT molecular complexity index is 948. The van der Waals surface area contributed by atoms with Gasteiger partial charge in [0.05, 0.1) is 0 Å². The Morgan fingerprint density at radius 3 is 2.89 bits per heavy atom. The number of quaternary nitrogens is 1. The van der Waals surface area contributed by atoms with Crippen molar-refractivity contribution in [1.82, 2.24) is 19.7 Å². The molecule has 0 aliphatic carbocycles. The Labute approximate surface area is 162 Å². The molecule has 3 N–H and O–H groups in total. The molecule has 1 fully saturated rings. The van der Waals surface area contributed by atoms with Crippen LogP contribution in [-0.2, 0) is 13.0 Å².